The highest BCUT2D eigenvalue weighted by Crippen LogP contribution is 2.30. The largest absolute Gasteiger partial charge is 0.547 e. The summed E-state index contributed by atoms with van der Waals surface area (Å²) in [5.74, 6) is -2.00. The van der Waals surface area contributed by atoms with Crippen LogP contribution in [-0.2, 0) is 6.42 Å². The highest BCUT2D eigenvalue weighted by Gasteiger charge is 2.38. The lowest BCUT2D eigenvalue weighted by atomic mass is 9.72. The molecule has 1 atom stereocenters. The van der Waals surface area contributed by atoms with Crippen molar-refractivity contribution in [2.24, 2.45) is 0 Å². The van der Waals surface area contributed by atoms with Crippen molar-refractivity contribution in [2.45, 2.75) is 12.4 Å². The van der Waals surface area contributed by atoms with E-state index in [1.165, 1.54) is 6.07 Å². The number of carboxylic acids is 1. The van der Waals surface area contributed by atoms with Gasteiger partial charge in [-0.2, -0.15) is 0 Å². The maximum absolute atomic E-state index is 12.7. The molecule has 0 radical (unpaired) electrons. The number of rotatable bonds is 3. The molecule has 0 bridgehead atoms. The van der Waals surface area contributed by atoms with Crippen LogP contribution in [0.15, 0.2) is 48.7 Å². The number of aromatic nitrogens is 1. The molecular weight excluding hydrogens is 335 g/mol. The van der Waals surface area contributed by atoms with E-state index in [1.54, 1.807) is 30.5 Å². The Morgan fingerprint density at radius 3 is 2.73 bits per heavy atom. The second-order valence-corrected chi connectivity index (χ2v) is 6.14. The van der Waals surface area contributed by atoms with Gasteiger partial charge in [-0.3, -0.25) is 4.79 Å². The summed E-state index contributed by atoms with van der Waals surface area (Å²) in [6.07, 6.45) is 2.02. The number of nitrogens with one attached hydrogen (secondary N) is 2. The zero-order valence-electron chi connectivity index (χ0n) is 13.6. The molecular formula is C18H15BN2O5. The third-order valence-corrected chi connectivity index (χ3v) is 4.51. The molecule has 0 saturated heterocycles. The number of fused-ring (bicyclic) bond motifs is 2. The van der Waals surface area contributed by atoms with Gasteiger partial charge in [-0.25, -0.2) is 4.79 Å². The zero-order valence-corrected chi connectivity index (χ0v) is 13.6. The van der Waals surface area contributed by atoms with Gasteiger partial charge in [0.15, 0.2) is 0 Å². The summed E-state index contributed by atoms with van der Waals surface area (Å²) in [4.78, 5) is 27.0. The van der Waals surface area contributed by atoms with Crippen LogP contribution in [0.25, 0.3) is 10.9 Å². The van der Waals surface area contributed by atoms with E-state index in [0.717, 1.165) is 10.9 Å². The van der Waals surface area contributed by atoms with Crippen LogP contribution in [0.3, 0.4) is 0 Å². The van der Waals surface area contributed by atoms with Crippen molar-refractivity contribution in [2.75, 3.05) is 0 Å². The van der Waals surface area contributed by atoms with Crippen LogP contribution in [-0.4, -0.2) is 40.1 Å². The van der Waals surface area contributed by atoms with Crippen molar-refractivity contribution < 1.29 is 24.4 Å². The number of amides is 1. The predicted octanol–water partition coefficient (Wildman–Crippen LogP) is 1.62. The Morgan fingerprint density at radius 1 is 1.15 bits per heavy atom. The van der Waals surface area contributed by atoms with Gasteiger partial charge in [-0.1, -0.05) is 18.2 Å². The Hall–Kier alpha value is -3.26. The topological polar surface area (TPSA) is 112 Å². The van der Waals surface area contributed by atoms with Crippen molar-refractivity contribution in [3.8, 4) is 5.75 Å². The summed E-state index contributed by atoms with van der Waals surface area (Å²) in [6, 6.07) is 11.9. The lowest BCUT2D eigenvalue weighted by molar-refractivity contribution is 0.0693. The van der Waals surface area contributed by atoms with Gasteiger partial charge in [0, 0.05) is 22.7 Å². The Bertz CT molecular complexity index is 1020. The minimum Gasteiger partial charge on any atom is -0.534 e. The van der Waals surface area contributed by atoms with Gasteiger partial charge < -0.3 is 25.1 Å². The fraction of sp³-hybridized carbons (Fsp3) is 0.111. The van der Waals surface area contributed by atoms with Crippen molar-refractivity contribution in [1.82, 2.24) is 10.3 Å². The van der Waals surface area contributed by atoms with Gasteiger partial charge in [0.1, 0.15) is 5.75 Å². The summed E-state index contributed by atoms with van der Waals surface area (Å²) in [5, 5.41) is 23.1. The molecule has 7 nitrogen and oxygen atoms in total. The number of hydrogen-bond donors (Lipinski definition) is 4. The SMILES string of the molecule is O=C(O)c1cccc2c1OB(O)[C@@H](NC(=O)c1cccc3[nH]ccc13)C2. The average Bonchev–Trinajstić information content (AvgIpc) is 3.10. The molecule has 2 heterocycles. The van der Waals surface area contributed by atoms with Crippen molar-refractivity contribution in [1.29, 1.82) is 0 Å². The summed E-state index contributed by atoms with van der Waals surface area (Å²) >= 11 is 0. The molecule has 0 aliphatic carbocycles. The summed E-state index contributed by atoms with van der Waals surface area (Å²) in [5.41, 5.74) is 1.94. The van der Waals surface area contributed by atoms with Crippen LogP contribution in [0.1, 0.15) is 26.3 Å². The van der Waals surface area contributed by atoms with Gasteiger partial charge in [0.05, 0.1) is 11.5 Å². The smallest absolute Gasteiger partial charge is 0.534 e. The highest BCUT2D eigenvalue weighted by molar-refractivity contribution is 6.47. The van der Waals surface area contributed by atoms with Crippen LogP contribution >= 0.6 is 0 Å². The summed E-state index contributed by atoms with van der Waals surface area (Å²) < 4.78 is 5.40. The normalized spacial score (nSPS) is 16.0. The third kappa shape index (κ3) is 2.70. The van der Waals surface area contributed by atoms with E-state index in [9.17, 15) is 19.7 Å². The molecule has 2 aromatic carbocycles. The Kier molecular flexibility index (Phi) is 3.89. The van der Waals surface area contributed by atoms with Gasteiger partial charge in [0.25, 0.3) is 5.91 Å². The number of H-pyrrole nitrogens is 1. The number of carbonyl (C=O) groups excluding carboxylic acids is 1. The van der Waals surface area contributed by atoms with Crippen LogP contribution in [0, 0.1) is 0 Å². The molecule has 0 saturated carbocycles. The molecule has 0 unspecified atom stereocenters. The highest BCUT2D eigenvalue weighted by atomic mass is 16.5. The second kappa shape index (κ2) is 6.23. The standard InChI is InChI=1S/C18H15BN2O5/c22-17(12-4-2-6-14-11(12)7-8-20-14)21-15-9-10-3-1-5-13(18(23)24)16(10)26-19(15)25/h1-8,15,20,25H,9H2,(H,21,22)(H,23,24)/t15-/m0/s1. The van der Waals surface area contributed by atoms with Gasteiger partial charge in [-0.05, 0) is 36.2 Å². The molecule has 0 fully saturated rings. The summed E-state index contributed by atoms with van der Waals surface area (Å²) in [6.45, 7) is 0. The lowest BCUT2D eigenvalue weighted by Crippen LogP contribution is -2.53. The van der Waals surface area contributed by atoms with Gasteiger partial charge >= 0.3 is 13.1 Å². The average molecular weight is 350 g/mol. The van der Waals surface area contributed by atoms with Crippen molar-refractivity contribution >= 4 is 29.9 Å². The Labute approximate surface area is 148 Å². The van der Waals surface area contributed by atoms with E-state index in [0.29, 0.717) is 11.1 Å². The molecule has 130 valence electrons. The van der Waals surface area contributed by atoms with Crippen LogP contribution in [0.5, 0.6) is 5.75 Å². The van der Waals surface area contributed by atoms with Gasteiger partial charge in [0.2, 0.25) is 0 Å². The monoisotopic (exact) mass is 350 g/mol. The maximum Gasteiger partial charge on any atom is 0.547 e. The number of carbonyl (C=O) groups is 2. The Morgan fingerprint density at radius 2 is 1.92 bits per heavy atom. The predicted molar refractivity (Wildman–Crippen MR) is 95.3 cm³/mol. The van der Waals surface area contributed by atoms with E-state index in [4.69, 9.17) is 4.65 Å². The third-order valence-electron chi connectivity index (χ3n) is 4.51. The summed E-state index contributed by atoms with van der Waals surface area (Å²) in [7, 11) is -1.34. The van der Waals surface area contributed by atoms with Crippen molar-refractivity contribution in [3.63, 3.8) is 0 Å². The molecule has 4 N–H and O–H groups in total. The lowest BCUT2D eigenvalue weighted by Gasteiger charge is -2.29. The van der Waals surface area contributed by atoms with E-state index in [1.807, 2.05) is 12.1 Å². The first-order valence-corrected chi connectivity index (χ1v) is 8.11. The van der Waals surface area contributed by atoms with E-state index >= 15 is 0 Å². The molecule has 3 aromatic rings. The first-order valence-electron chi connectivity index (χ1n) is 8.11. The molecule has 1 aliphatic heterocycles. The number of para-hydroxylation sites is 1. The molecule has 8 heteroatoms. The molecule has 1 aromatic heterocycles. The number of aromatic amines is 1. The molecule has 0 spiro atoms. The minimum absolute atomic E-state index is 0.0107. The number of benzene rings is 2. The van der Waals surface area contributed by atoms with E-state index < -0.39 is 19.0 Å². The second-order valence-electron chi connectivity index (χ2n) is 6.14. The van der Waals surface area contributed by atoms with Crippen LogP contribution in [0.2, 0.25) is 0 Å². The van der Waals surface area contributed by atoms with Crippen LogP contribution < -0.4 is 9.97 Å². The maximum atomic E-state index is 12.7. The quantitative estimate of drug-likeness (QED) is 0.537. The van der Waals surface area contributed by atoms with Crippen molar-refractivity contribution in [3.05, 3.63) is 65.4 Å². The number of carboxylic acid groups (broad SMARTS) is 1. The molecule has 1 aliphatic rings. The number of aromatic carboxylic acids is 1. The minimum atomic E-state index is -1.34. The first kappa shape index (κ1) is 16.2. The number of hydrogen-bond acceptors (Lipinski definition) is 4. The Balaban J connectivity index is 1.60. The first-order chi connectivity index (χ1) is 12.5. The van der Waals surface area contributed by atoms with E-state index in [2.05, 4.69) is 10.3 Å². The molecule has 26 heavy (non-hydrogen) atoms. The van der Waals surface area contributed by atoms with Crippen LogP contribution in [0.4, 0.5) is 0 Å². The fourth-order valence-electron chi connectivity index (χ4n) is 3.25. The zero-order chi connectivity index (χ0) is 18.3. The van der Waals surface area contributed by atoms with E-state index in [-0.39, 0.29) is 23.6 Å². The fourth-order valence-corrected chi connectivity index (χ4v) is 3.25. The van der Waals surface area contributed by atoms with Gasteiger partial charge in [-0.15, -0.1) is 0 Å². The molecule has 4 rings (SSSR count). The molecule has 1 amide bonds.